The van der Waals surface area contributed by atoms with Crippen molar-refractivity contribution in [2.24, 2.45) is 7.05 Å². The van der Waals surface area contributed by atoms with Crippen molar-refractivity contribution in [1.82, 2.24) is 9.55 Å². The van der Waals surface area contributed by atoms with Gasteiger partial charge < -0.3 is 9.88 Å². The summed E-state index contributed by atoms with van der Waals surface area (Å²) in [5.74, 6) is 0.0440. The van der Waals surface area contributed by atoms with Crippen LogP contribution in [-0.4, -0.2) is 21.2 Å². The fraction of sp³-hybridized carbons (Fsp3) is 0.227. The molecular weight excluding hydrogens is 338 g/mol. The number of aryl methyl sites for hydroxylation is 1. The number of ketones is 1. The molecule has 0 saturated heterocycles. The van der Waals surface area contributed by atoms with Gasteiger partial charge in [-0.25, -0.2) is 4.98 Å². The van der Waals surface area contributed by atoms with Gasteiger partial charge in [-0.05, 0) is 47.4 Å². The Bertz CT molecular complexity index is 962. The lowest BCUT2D eigenvalue weighted by molar-refractivity contribution is 0.102. The summed E-state index contributed by atoms with van der Waals surface area (Å²) in [6.07, 6.45) is 3.32. The third-order valence-electron chi connectivity index (χ3n) is 4.44. The molecule has 0 aliphatic heterocycles. The Morgan fingerprint density at radius 1 is 0.926 bits per heavy atom. The zero-order valence-electron chi connectivity index (χ0n) is 16.0. The van der Waals surface area contributed by atoms with Gasteiger partial charge in [-0.2, -0.15) is 0 Å². The molecule has 0 unspecified atom stereocenters. The summed E-state index contributed by atoms with van der Waals surface area (Å²) in [6.45, 7) is 6.40. The molecule has 138 valence electrons. The van der Waals surface area contributed by atoms with E-state index in [1.54, 1.807) is 48.3 Å². The molecule has 0 fully saturated rings. The van der Waals surface area contributed by atoms with Crippen LogP contribution in [0.1, 0.15) is 52.9 Å². The first-order valence-electron chi connectivity index (χ1n) is 8.80. The molecule has 1 heterocycles. The van der Waals surface area contributed by atoms with E-state index in [0.717, 1.165) is 0 Å². The molecule has 1 amide bonds. The molecule has 0 bridgehead atoms. The topological polar surface area (TPSA) is 64.0 Å². The van der Waals surface area contributed by atoms with Gasteiger partial charge in [0.05, 0.1) is 0 Å². The van der Waals surface area contributed by atoms with Gasteiger partial charge in [-0.1, -0.05) is 32.9 Å². The second kappa shape index (κ2) is 7.19. The Morgan fingerprint density at radius 3 is 2.04 bits per heavy atom. The summed E-state index contributed by atoms with van der Waals surface area (Å²) in [5, 5.41) is 2.86. The Balaban J connectivity index is 1.70. The summed E-state index contributed by atoms with van der Waals surface area (Å²) < 4.78 is 1.68. The molecule has 27 heavy (non-hydrogen) atoms. The predicted molar refractivity (Wildman–Crippen MR) is 106 cm³/mol. The molecule has 1 N–H and O–H groups in total. The van der Waals surface area contributed by atoms with Crippen molar-refractivity contribution in [1.29, 1.82) is 0 Å². The van der Waals surface area contributed by atoms with Crippen LogP contribution in [0.15, 0.2) is 60.9 Å². The van der Waals surface area contributed by atoms with Crippen LogP contribution in [-0.2, 0) is 12.5 Å². The number of nitrogens with zero attached hydrogens (tertiary/aromatic N) is 2. The third-order valence-corrected chi connectivity index (χ3v) is 4.44. The Labute approximate surface area is 159 Å². The molecule has 2 aromatic carbocycles. The Hall–Kier alpha value is -3.21. The molecule has 1 aromatic heterocycles. The second-order valence-electron chi connectivity index (χ2n) is 7.55. The van der Waals surface area contributed by atoms with Crippen LogP contribution in [0.25, 0.3) is 0 Å². The minimum absolute atomic E-state index is 0.0462. The van der Waals surface area contributed by atoms with Crippen LogP contribution in [0, 0.1) is 0 Å². The largest absolute Gasteiger partial charge is 0.331 e. The van der Waals surface area contributed by atoms with Crippen molar-refractivity contribution in [3.8, 4) is 0 Å². The maximum absolute atomic E-state index is 12.4. The maximum atomic E-state index is 12.4. The Kier molecular flexibility index (Phi) is 4.95. The minimum Gasteiger partial charge on any atom is -0.331 e. The van der Waals surface area contributed by atoms with E-state index >= 15 is 0 Å². The molecule has 0 radical (unpaired) electrons. The van der Waals surface area contributed by atoms with E-state index in [0.29, 0.717) is 22.6 Å². The van der Waals surface area contributed by atoms with Gasteiger partial charge in [0.15, 0.2) is 5.82 Å². The smallest absolute Gasteiger partial charge is 0.255 e. The summed E-state index contributed by atoms with van der Waals surface area (Å²) in [5.41, 5.74) is 2.98. The number of rotatable bonds is 4. The molecule has 5 heteroatoms. The number of hydrogen-bond donors (Lipinski definition) is 1. The predicted octanol–water partition coefficient (Wildman–Crippen LogP) is 4.20. The van der Waals surface area contributed by atoms with Crippen molar-refractivity contribution >= 4 is 17.4 Å². The van der Waals surface area contributed by atoms with Crippen LogP contribution in [0.5, 0.6) is 0 Å². The zero-order chi connectivity index (χ0) is 19.6. The molecule has 0 atom stereocenters. The highest BCUT2D eigenvalue weighted by Gasteiger charge is 2.15. The number of imidazole rings is 1. The lowest BCUT2D eigenvalue weighted by atomic mass is 9.87. The molecule has 0 spiro atoms. The van der Waals surface area contributed by atoms with Crippen LogP contribution < -0.4 is 5.32 Å². The van der Waals surface area contributed by atoms with Gasteiger partial charge in [0.2, 0.25) is 5.78 Å². The van der Waals surface area contributed by atoms with Gasteiger partial charge >= 0.3 is 0 Å². The number of nitrogens with one attached hydrogen (secondary N) is 1. The average molecular weight is 361 g/mol. The van der Waals surface area contributed by atoms with Gasteiger partial charge in [0.1, 0.15) is 0 Å². The lowest BCUT2D eigenvalue weighted by Gasteiger charge is -2.19. The van der Waals surface area contributed by atoms with Crippen LogP contribution in [0.4, 0.5) is 5.69 Å². The monoisotopic (exact) mass is 361 g/mol. The molecule has 0 saturated carbocycles. The fourth-order valence-corrected chi connectivity index (χ4v) is 2.74. The molecule has 3 aromatic rings. The molecule has 5 nitrogen and oxygen atoms in total. The standard InChI is InChI=1S/C22H23N3O2/c1-22(2,3)17-9-5-16(6-10-17)21(27)24-18-11-7-15(8-12-18)19(26)20-23-13-14-25(20)4/h5-14H,1-4H3,(H,24,27). The van der Waals surface area contributed by atoms with E-state index in [2.05, 4.69) is 31.1 Å². The molecule has 0 aliphatic carbocycles. The first kappa shape index (κ1) is 18.6. The van der Waals surface area contributed by atoms with Gasteiger partial charge in [0.25, 0.3) is 5.91 Å². The number of amides is 1. The number of carbonyl (C=O) groups is 2. The highest BCUT2D eigenvalue weighted by Crippen LogP contribution is 2.22. The fourth-order valence-electron chi connectivity index (χ4n) is 2.74. The van der Waals surface area contributed by atoms with E-state index < -0.39 is 0 Å². The van der Waals surface area contributed by atoms with Crippen molar-refractivity contribution in [2.45, 2.75) is 26.2 Å². The van der Waals surface area contributed by atoms with Crippen molar-refractivity contribution in [2.75, 3.05) is 5.32 Å². The lowest BCUT2D eigenvalue weighted by Crippen LogP contribution is -2.14. The summed E-state index contributed by atoms with van der Waals surface area (Å²) in [6, 6.07) is 14.4. The zero-order valence-corrected chi connectivity index (χ0v) is 16.0. The number of carbonyl (C=O) groups excluding carboxylic acids is 2. The average Bonchev–Trinajstić information content (AvgIpc) is 3.07. The SMILES string of the molecule is Cn1ccnc1C(=O)c1ccc(NC(=O)c2ccc(C(C)(C)C)cc2)cc1. The number of hydrogen-bond acceptors (Lipinski definition) is 3. The van der Waals surface area contributed by atoms with E-state index in [1.807, 2.05) is 24.3 Å². The van der Waals surface area contributed by atoms with Gasteiger partial charge in [-0.15, -0.1) is 0 Å². The first-order chi connectivity index (χ1) is 12.8. The molecule has 3 rings (SSSR count). The highest BCUT2D eigenvalue weighted by molar-refractivity contribution is 6.07. The van der Waals surface area contributed by atoms with Crippen LogP contribution in [0.2, 0.25) is 0 Å². The summed E-state index contributed by atoms with van der Waals surface area (Å²) in [4.78, 5) is 28.9. The van der Waals surface area contributed by atoms with E-state index in [4.69, 9.17) is 0 Å². The van der Waals surface area contributed by atoms with Crippen molar-refractivity contribution < 1.29 is 9.59 Å². The normalized spacial score (nSPS) is 11.3. The highest BCUT2D eigenvalue weighted by atomic mass is 16.1. The third kappa shape index (κ3) is 4.14. The quantitative estimate of drug-likeness (QED) is 0.708. The molecule has 0 aliphatic rings. The first-order valence-corrected chi connectivity index (χ1v) is 8.80. The number of anilines is 1. The van der Waals surface area contributed by atoms with E-state index in [1.165, 1.54) is 5.56 Å². The molecular formula is C22H23N3O2. The Morgan fingerprint density at radius 2 is 1.52 bits per heavy atom. The van der Waals surface area contributed by atoms with Gasteiger partial charge in [0, 0.05) is 36.3 Å². The van der Waals surface area contributed by atoms with Crippen LogP contribution >= 0.6 is 0 Å². The minimum atomic E-state index is -0.182. The number of benzene rings is 2. The summed E-state index contributed by atoms with van der Waals surface area (Å²) in [7, 11) is 1.78. The van der Waals surface area contributed by atoms with Gasteiger partial charge in [-0.3, -0.25) is 9.59 Å². The second-order valence-corrected chi connectivity index (χ2v) is 7.55. The van der Waals surface area contributed by atoms with Crippen LogP contribution in [0.3, 0.4) is 0 Å². The maximum Gasteiger partial charge on any atom is 0.255 e. The summed E-state index contributed by atoms with van der Waals surface area (Å²) >= 11 is 0. The van der Waals surface area contributed by atoms with E-state index in [-0.39, 0.29) is 17.1 Å². The number of aromatic nitrogens is 2. The van der Waals surface area contributed by atoms with E-state index in [9.17, 15) is 9.59 Å². The van der Waals surface area contributed by atoms with Crippen molar-refractivity contribution in [3.05, 3.63) is 83.4 Å². The van der Waals surface area contributed by atoms with Crippen molar-refractivity contribution in [3.63, 3.8) is 0 Å².